The Labute approximate surface area is 143 Å². The van der Waals surface area contributed by atoms with E-state index in [9.17, 15) is 9.59 Å². The monoisotopic (exact) mass is 324 g/mol. The summed E-state index contributed by atoms with van der Waals surface area (Å²) in [4.78, 5) is 26.8. The molecule has 0 fully saturated rings. The first-order chi connectivity index (χ1) is 11.3. The molecule has 2 aromatic rings. The van der Waals surface area contributed by atoms with Gasteiger partial charge in [0.2, 0.25) is 11.8 Å². The number of hydrogen-bond acceptors (Lipinski definition) is 2. The molecule has 2 rings (SSSR count). The number of rotatable bonds is 5. The maximum absolute atomic E-state index is 12.8. The third-order valence-corrected chi connectivity index (χ3v) is 4.25. The number of amides is 2. The Hall–Kier alpha value is -2.62. The molecule has 4 nitrogen and oxygen atoms in total. The molecule has 2 aromatic carbocycles. The van der Waals surface area contributed by atoms with Crippen molar-refractivity contribution in [1.82, 2.24) is 5.32 Å². The lowest BCUT2D eigenvalue weighted by Crippen LogP contribution is -2.48. The summed E-state index contributed by atoms with van der Waals surface area (Å²) in [6.45, 7) is 5.72. The molecule has 0 radical (unpaired) electrons. The van der Waals surface area contributed by atoms with Gasteiger partial charge >= 0.3 is 0 Å². The molecule has 0 heterocycles. The van der Waals surface area contributed by atoms with E-state index in [1.54, 1.807) is 20.9 Å². The molecule has 0 unspecified atom stereocenters. The van der Waals surface area contributed by atoms with Gasteiger partial charge in [0.05, 0.1) is 0 Å². The molecule has 1 N–H and O–H groups in total. The number of nitrogens with one attached hydrogen (secondary N) is 1. The summed E-state index contributed by atoms with van der Waals surface area (Å²) in [6, 6.07) is 17.2. The molecule has 0 aromatic heterocycles. The predicted octanol–water partition coefficient (Wildman–Crippen LogP) is 3.30. The lowest BCUT2D eigenvalue weighted by Gasteiger charge is -2.28. The Bertz CT molecular complexity index is 723. The van der Waals surface area contributed by atoms with Gasteiger partial charge in [-0.1, -0.05) is 42.5 Å². The molecule has 0 bridgehead atoms. The average Bonchev–Trinajstić information content (AvgIpc) is 2.60. The largest absolute Gasteiger partial charge is 0.351 e. The minimum Gasteiger partial charge on any atom is -0.351 e. The van der Waals surface area contributed by atoms with Crippen LogP contribution >= 0.6 is 0 Å². The van der Waals surface area contributed by atoms with Crippen LogP contribution in [0.3, 0.4) is 0 Å². The standard InChI is InChI=1S/C20H24N2O2/c1-15-10-8-9-11-16(15)14-21-18(23)20(2,3)19(24)22(4)17-12-6-5-7-13-17/h5-13H,14H2,1-4H3,(H,21,23). The van der Waals surface area contributed by atoms with Crippen molar-refractivity contribution in [3.05, 3.63) is 65.7 Å². The molecule has 4 heteroatoms. The van der Waals surface area contributed by atoms with Crippen molar-refractivity contribution in [2.75, 3.05) is 11.9 Å². The summed E-state index contributed by atoms with van der Waals surface area (Å²) in [5.41, 5.74) is 1.78. The number of carbonyl (C=O) groups is 2. The fourth-order valence-electron chi connectivity index (χ4n) is 2.49. The smallest absolute Gasteiger partial charge is 0.241 e. The number of aryl methyl sites for hydroxylation is 1. The predicted molar refractivity (Wildman–Crippen MR) is 96.7 cm³/mol. The van der Waals surface area contributed by atoms with Crippen LogP contribution in [0.2, 0.25) is 0 Å². The highest BCUT2D eigenvalue weighted by Crippen LogP contribution is 2.23. The maximum Gasteiger partial charge on any atom is 0.241 e. The number of benzene rings is 2. The lowest BCUT2D eigenvalue weighted by molar-refractivity contribution is -0.139. The highest BCUT2D eigenvalue weighted by molar-refractivity contribution is 6.10. The van der Waals surface area contributed by atoms with Gasteiger partial charge in [-0.2, -0.15) is 0 Å². The summed E-state index contributed by atoms with van der Waals surface area (Å²) in [6.07, 6.45) is 0. The first kappa shape index (κ1) is 17.7. The number of nitrogens with zero attached hydrogens (tertiary/aromatic N) is 1. The molecule has 126 valence electrons. The Morgan fingerprint density at radius 2 is 1.58 bits per heavy atom. The summed E-state index contributed by atoms with van der Waals surface area (Å²) in [7, 11) is 1.69. The SMILES string of the molecule is Cc1ccccc1CNC(=O)C(C)(C)C(=O)N(C)c1ccccc1. The summed E-state index contributed by atoms with van der Waals surface area (Å²) in [5.74, 6) is -0.519. The zero-order valence-electron chi connectivity index (χ0n) is 14.7. The second kappa shape index (κ2) is 7.30. The van der Waals surface area contributed by atoms with Crippen LogP contribution in [-0.4, -0.2) is 18.9 Å². The van der Waals surface area contributed by atoms with Crippen molar-refractivity contribution in [2.24, 2.45) is 5.41 Å². The third kappa shape index (κ3) is 3.82. The topological polar surface area (TPSA) is 49.4 Å². The van der Waals surface area contributed by atoms with Crippen molar-refractivity contribution in [3.8, 4) is 0 Å². The van der Waals surface area contributed by atoms with Gasteiger partial charge in [-0.05, 0) is 44.0 Å². The summed E-state index contributed by atoms with van der Waals surface area (Å²) >= 11 is 0. The van der Waals surface area contributed by atoms with E-state index in [0.29, 0.717) is 6.54 Å². The Kier molecular flexibility index (Phi) is 5.39. The minimum absolute atomic E-state index is 0.240. The molecule has 0 aliphatic rings. The quantitative estimate of drug-likeness (QED) is 0.858. The van der Waals surface area contributed by atoms with E-state index in [0.717, 1.165) is 16.8 Å². The van der Waals surface area contributed by atoms with E-state index < -0.39 is 5.41 Å². The lowest BCUT2D eigenvalue weighted by atomic mass is 9.90. The van der Waals surface area contributed by atoms with Crippen LogP contribution in [-0.2, 0) is 16.1 Å². The molecule has 0 saturated carbocycles. The molecule has 0 saturated heterocycles. The Morgan fingerprint density at radius 1 is 1.00 bits per heavy atom. The van der Waals surface area contributed by atoms with Gasteiger partial charge in [-0.15, -0.1) is 0 Å². The Balaban J connectivity index is 2.07. The molecular weight excluding hydrogens is 300 g/mol. The number of para-hydroxylation sites is 1. The van der Waals surface area contributed by atoms with Gasteiger partial charge in [0.1, 0.15) is 5.41 Å². The van der Waals surface area contributed by atoms with Gasteiger partial charge in [0, 0.05) is 19.3 Å². The zero-order chi connectivity index (χ0) is 17.7. The van der Waals surface area contributed by atoms with Crippen LogP contribution in [0.5, 0.6) is 0 Å². The van der Waals surface area contributed by atoms with Crippen LogP contribution in [0, 0.1) is 12.3 Å². The van der Waals surface area contributed by atoms with Gasteiger partial charge in [0.15, 0.2) is 0 Å². The van der Waals surface area contributed by atoms with E-state index in [1.165, 1.54) is 4.90 Å². The summed E-state index contributed by atoms with van der Waals surface area (Å²) < 4.78 is 0. The second-order valence-electron chi connectivity index (χ2n) is 6.43. The molecule has 0 spiro atoms. The average molecular weight is 324 g/mol. The van der Waals surface area contributed by atoms with Crippen LogP contribution in [0.25, 0.3) is 0 Å². The highest BCUT2D eigenvalue weighted by Gasteiger charge is 2.38. The van der Waals surface area contributed by atoms with Gasteiger partial charge < -0.3 is 10.2 Å². The second-order valence-corrected chi connectivity index (χ2v) is 6.43. The van der Waals surface area contributed by atoms with E-state index in [4.69, 9.17) is 0 Å². The van der Waals surface area contributed by atoms with Crippen molar-refractivity contribution >= 4 is 17.5 Å². The molecule has 24 heavy (non-hydrogen) atoms. The van der Waals surface area contributed by atoms with Gasteiger partial charge in [0.25, 0.3) is 0 Å². The first-order valence-electron chi connectivity index (χ1n) is 8.00. The first-order valence-corrected chi connectivity index (χ1v) is 8.00. The highest BCUT2D eigenvalue weighted by atomic mass is 16.2. The van der Waals surface area contributed by atoms with Crippen LogP contribution in [0.15, 0.2) is 54.6 Å². The van der Waals surface area contributed by atoms with Crippen molar-refractivity contribution in [1.29, 1.82) is 0 Å². The van der Waals surface area contributed by atoms with Crippen molar-refractivity contribution < 1.29 is 9.59 Å². The fourth-order valence-corrected chi connectivity index (χ4v) is 2.49. The molecule has 0 atom stereocenters. The Morgan fingerprint density at radius 3 is 2.21 bits per heavy atom. The zero-order valence-corrected chi connectivity index (χ0v) is 14.7. The third-order valence-electron chi connectivity index (χ3n) is 4.25. The van der Waals surface area contributed by atoms with Crippen molar-refractivity contribution in [2.45, 2.75) is 27.3 Å². The normalized spacial score (nSPS) is 11.0. The van der Waals surface area contributed by atoms with Crippen LogP contribution in [0.4, 0.5) is 5.69 Å². The van der Waals surface area contributed by atoms with E-state index in [1.807, 2.05) is 61.5 Å². The molecular formula is C20H24N2O2. The molecule has 2 amide bonds. The van der Waals surface area contributed by atoms with Crippen LogP contribution in [0.1, 0.15) is 25.0 Å². The van der Waals surface area contributed by atoms with Crippen LogP contribution < -0.4 is 10.2 Å². The summed E-state index contributed by atoms with van der Waals surface area (Å²) in [5, 5.41) is 2.88. The minimum atomic E-state index is -1.15. The van der Waals surface area contributed by atoms with Gasteiger partial charge in [-0.3, -0.25) is 9.59 Å². The van der Waals surface area contributed by atoms with Gasteiger partial charge in [-0.25, -0.2) is 0 Å². The van der Waals surface area contributed by atoms with E-state index >= 15 is 0 Å². The number of hydrogen-bond donors (Lipinski definition) is 1. The van der Waals surface area contributed by atoms with E-state index in [-0.39, 0.29) is 11.8 Å². The number of carbonyl (C=O) groups excluding carboxylic acids is 2. The maximum atomic E-state index is 12.8. The number of anilines is 1. The molecule has 0 aliphatic carbocycles. The van der Waals surface area contributed by atoms with E-state index in [2.05, 4.69) is 5.32 Å². The van der Waals surface area contributed by atoms with Crippen molar-refractivity contribution in [3.63, 3.8) is 0 Å². The molecule has 0 aliphatic heterocycles. The fraction of sp³-hybridized carbons (Fsp3) is 0.300.